The van der Waals surface area contributed by atoms with Crippen LogP contribution in [0.2, 0.25) is 0 Å². The van der Waals surface area contributed by atoms with E-state index in [1.54, 1.807) is 10.9 Å². The molecule has 2 aromatic rings. The molecular formula is C14H10BrN3O2. The van der Waals surface area contributed by atoms with Gasteiger partial charge in [0, 0.05) is 4.47 Å². The van der Waals surface area contributed by atoms with Gasteiger partial charge in [0.15, 0.2) is 5.78 Å². The number of ketones is 1. The molecule has 0 saturated heterocycles. The predicted octanol–water partition coefficient (Wildman–Crippen LogP) is 1.91. The van der Waals surface area contributed by atoms with Gasteiger partial charge in [0.1, 0.15) is 11.3 Å². The van der Waals surface area contributed by atoms with Gasteiger partial charge in [0.2, 0.25) is 0 Å². The highest BCUT2D eigenvalue weighted by Gasteiger charge is 2.29. The number of nitrogens with zero attached hydrogens (tertiary/aromatic N) is 3. The molecule has 1 aliphatic rings. The maximum absolute atomic E-state index is 11.1. The minimum atomic E-state index is -1.39. The van der Waals surface area contributed by atoms with E-state index in [0.29, 0.717) is 5.69 Å². The third-order valence-corrected chi connectivity index (χ3v) is 3.53. The van der Waals surface area contributed by atoms with E-state index in [1.807, 2.05) is 24.3 Å². The highest BCUT2D eigenvalue weighted by Crippen LogP contribution is 2.25. The van der Waals surface area contributed by atoms with Crippen LogP contribution in [0.3, 0.4) is 0 Å². The van der Waals surface area contributed by atoms with Gasteiger partial charge in [0.25, 0.3) is 0 Å². The molecule has 100 valence electrons. The van der Waals surface area contributed by atoms with Crippen molar-refractivity contribution in [2.45, 2.75) is 5.60 Å². The minimum absolute atomic E-state index is 0.157. The van der Waals surface area contributed by atoms with Crippen LogP contribution < -0.4 is 0 Å². The quantitative estimate of drug-likeness (QED) is 0.912. The summed E-state index contributed by atoms with van der Waals surface area (Å²) in [5, 5.41) is 18.4. The fraction of sp³-hybridized carbons (Fsp3) is 0.0714. The predicted molar refractivity (Wildman–Crippen MR) is 76.2 cm³/mol. The lowest BCUT2D eigenvalue weighted by Gasteiger charge is -2.18. The Morgan fingerprint density at radius 2 is 1.80 bits per heavy atom. The first-order valence-electron chi connectivity index (χ1n) is 5.90. The molecule has 0 fully saturated rings. The zero-order valence-electron chi connectivity index (χ0n) is 10.3. The summed E-state index contributed by atoms with van der Waals surface area (Å²) in [6.07, 6.45) is 7.08. The van der Waals surface area contributed by atoms with E-state index in [1.165, 1.54) is 24.3 Å². The normalized spacial score (nSPS) is 16.6. The van der Waals surface area contributed by atoms with E-state index >= 15 is 0 Å². The Bertz CT molecular complexity index is 700. The van der Waals surface area contributed by atoms with Crippen molar-refractivity contribution in [3.8, 4) is 5.69 Å². The van der Waals surface area contributed by atoms with Crippen molar-refractivity contribution in [2.75, 3.05) is 0 Å². The highest BCUT2D eigenvalue weighted by atomic mass is 79.9. The molecule has 0 aliphatic heterocycles. The van der Waals surface area contributed by atoms with Gasteiger partial charge in [-0.25, -0.2) is 4.68 Å². The summed E-state index contributed by atoms with van der Waals surface area (Å²) in [7, 11) is 0. The zero-order chi connectivity index (χ0) is 14.2. The van der Waals surface area contributed by atoms with Gasteiger partial charge in [-0.15, -0.1) is 5.10 Å². The zero-order valence-corrected chi connectivity index (χ0v) is 11.9. The van der Waals surface area contributed by atoms with Crippen molar-refractivity contribution in [3.05, 3.63) is 64.9 Å². The molecule has 1 heterocycles. The molecule has 6 heteroatoms. The van der Waals surface area contributed by atoms with Gasteiger partial charge in [-0.1, -0.05) is 21.1 Å². The van der Waals surface area contributed by atoms with Crippen molar-refractivity contribution in [1.29, 1.82) is 0 Å². The maximum Gasteiger partial charge on any atom is 0.178 e. The molecule has 0 bridgehead atoms. The van der Waals surface area contributed by atoms with Gasteiger partial charge >= 0.3 is 0 Å². The number of halogens is 1. The molecule has 0 amide bonds. The molecule has 1 aliphatic carbocycles. The van der Waals surface area contributed by atoms with Crippen LogP contribution in [0.1, 0.15) is 5.69 Å². The van der Waals surface area contributed by atoms with E-state index in [-0.39, 0.29) is 5.78 Å². The summed E-state index contributed by atoms with van der Waals surface area (Å²) in [4.78, 5) is 11.1. The Morgan fingerprint density at radius 1 is 1.15 bits per heavy atom. The van der Waals surface area contributed by atoms with Gasteiger partial charge < -0.3 is 5.11 Å². The molecule has 1 N–H and O–H groups in total. The Labute approximate surface area is 123 Å². The summed E-state index contributed by atoms with van der Waals surface area (Å²) in [5.74, 6) is -0.157. The van der Waals surface area contributed by atoms with Gasteiger partial charge in [-0.3, -0.25) is 4.79 Å². The summed E-state index contributed by atoms with van der Waals surface area (Å²) in [6, 6.07) is 7.54. The van der Waals surface area contributed by atoms with Crippen LogP contribution in [-0.4, -0.2) is 25.9 Å². The standard InChI is InChI=1S/C14H10BrN3O2/c15-10-1-3-11(4-2-10)18-9-13(16-17-18)14(20)7-5-12(19)6-8-14/h1-9,20H. The molecule has 0 spiro atoms. The molecule has 0 atom stereocenters. The lowest BCUT2D eigenvalue weighted by molar-refractivity contribution is -0.110. The third-order valence-electron chi connectivity index (χ3n) is 3.00. The molecule has 0 saturated carbocycles. The van der Waals surface area contributed by atoms with Crippen molar-refractivity contribution >= 4 is 21.7 Å². The molecule has 0 radical (unpaired) electrons. The van der Waals surface area contributed by atoms with Crippen LogP contribution in [0.4, 0.5) is 0 Å². The average Bonchev–Trinajstić information content (AvgIpc) is 2.94. The number of allylic oxidation sites excluding steroid dienone is 2. The minimum Gasteiger partial charge on any atom is -0.376 e. The fourth-order valence-electron chi connectivity index (χ4n) is 1.87. The number of hydrogen-bond acceptors (Lipinski definition) is 4. The van der Waals surface area contributed by atoms with Gasteiger partial charge in [-0.2, -0.15) is 0 Å². The SMILES string of the molecule is O=C1C=CC(O)(c2cn(-c3ccc(Br)cc3)nn2)C=C1. The lowest BCUT2D eigenvalue weighted by Crippen LogP contribution is -2.23. The molecular weight excluding hydrogens is 322 g/mol. The van der Waals surface area contributed by atoms with Crippen molar-refractivity contribution < 1.29 is 9.90 Å². The number of benzene rings is 1. The van der Waals surface area contributed by atoms with Crippen LogP contribution in [0.5, 0.6) is 0 Å². The Hall–Kier alpha value is -2.05. The Morgan fingerprint density at radius 3 is 2.45 bits per heavy atom. The molecule has 1 aromatic carbocycles. The second-order valence-electron chi connectivity index (χ2n) is 4.42. The lowest BCUT2D eigenvalue weighted by atomic mass is 9.95. The first kappa shape index (κ1) is 13.0. The number of rotatable bonds is 2. The second kappa shape index (κ2) is 4.81. The van der Waals surface area contributed by atoms with E-state index in [2.05, 4.69) is 26.2 Å². The number of hydrogen-bond donors (Lipinski definition) is 1. The van der Waals surface area contributed by atoms with Crippen LogP contribution in [-0.2, 0) is 10.4 Å². The molecule has 1 aromatic heterocycles. The first-order chi connectivity index (χ1) is 9.57. The summed E-state index contributed by atoms with van der Waals surface area (Å²) >= 11 is 3.36. The molecule has 5 nitrogen and oxygen atoms in total. The van der Waals surface area contributed by atoms with Crippen molar-refractivity contribution in [1.82, 2.24) is 15.0 Å². The average molecular weight is 332 g/mol. The Kier molecular flexibility index (Phi) is 3.11. The number of carbonyl (C=O) groups excluding carboxylic acids is 1. The molecule has 3 rings (SSSR count). The van der Waals surface area contributed by atoms with Gasteiger partial charge in [0.05, 0.1) is 11.9 Å². The topological polar surface area (TPSA) is 68.0 Å². The molecule has 20 heavy (non-hydrogen) atoms. The number of aromatic nitrogens is 3. The van der Waals surface area contributed by atoms with Crippen LogP contribution in [0, 0.1) is 0 Å². The van der Waals surface area contributed by atoms with E-state index in [9.17, 15) is 9.90 Å². The number of carbonyl (C=O) groups is 1. The maximum atomic E-state index is 11.1. The monoisotopic (exact) mass is 331 g/mol. The second-order valence-corrected chi connectivity index (χ2v) is 5.33. The summed E-state index contributed by atoms with van der Waals surface area (Å²) in [6.45, 7) is 0. The third kappa shape index (κ3) is 2.35. The summed E-state index contributed by atoms with van der Waals surface area (Å²) in [5.41, 5.74) is -0.197. The van der Waals surface area contributed by atoms with Crippen molar-refractivity contribution in [2.24, 2.45) is 0 Å². The summed E-state index contributed by atoms with van der Waals surface area (Å²) < 4.78 is 2.54. The molecule has 0 unspecified atom stereocenters. The highest BCUT2D eigenvalue weighted by molar-refractivity contribution is 9.10. The first-order valence-corrected chi connectivity index (χ1v) is 6.70. The smallest absolute Gasteiger partial charge is 0.178 e. The number of aliphatic hydroxyl groups is 1. The fourth-order valence-corrected chi connectivity index (χ4v) is 2.13. The Balaban J connectivity index is 1.95. The largest absolute Gasteiger partial charge is 0.376 e. The van der Waals surface area contributed by atoms with Crippen LogP contribution in [0.15, 0.2) is 59.2 Å². The van der Waals surface area contributed by atoms with Crippen LogP contribution >= 0.6 is 15.9 Å². The van der Waals surface area contributed by atoms with E-state index in [0.717, 1.165) is 10.2 Å². The van der Waals surface area contributed by atoms with E-state index in [4.69, 9.17) is 0 Å². The van der Waals surface area contributed by atoms with Gasteiger partial charge in [-0.05, 0) is 48.6 Å². The van der Waals surface area contributed by atoms with Crippen LogP contribution in [0.25, 0.3) is 5.69 Å². The van der Waals surface area contributed by atoms with E-state index < -0.39 is 5.60 Å². The van der Waals surface area contributed by atoms with Crippen molar-refractivity contribution in [3.63, 3.8) is 0 Å².